The molecule has 1 fully saturated rings. The van der Waals surface area contributed by atoms with Crippen LogP contribution in [0, 0.1) is 17.2 Å². The van der Waals surface area contributed by atoms with Gasteiger partial charge >= 0.3 is 0 Å². The number of hydrogen-bond donors (Lipinski definition) is 2. The van der Waals surface area contributed by atoms with Crippen LogP contribution in [0.4, 0.5) is 0 Å². The first-order valence-electron chi connectivity index (χ1n) is 4.60. The third kappa shape index (κ3) is 2.73. The molecule has 0 bridgehead atoms. The Kier molecular flexibility index (Phi) is 3.46. The maximum absolute atomic E-state index is 11.3. The maximum Gasteiger partial charge on any atom is 0.237 e. The molecule has 76 valence electrons. The summed E-state index contributed by atoms with van der Waals surface area (Å²) < 4.78 is 0. The van der Waals surface area contributed by atoms with E-state index in [-0.39, 0.29) is 17.9 Å². The van der Waals surface area contributed by atoms with Crippen LogP contribution in [0.5, 0.6) is 0 Å². The van der Waals surface area contributed by atoms with Crippen molar-refractivity contribution in [1.29, 1.82) is 5.26 Å². The summed E-state index contributed by atoms with van der Waals surface area (Å²) in [5, 5.41) is 13.9. The van der Waals surface area contributed by atoms with Crippen LogP contribution in [-0.4, -0.2) is 24.4 Å². The summed E-state index contributed by atoms with van der Waals surface area (Å²) in [6.45, 7) is 2.01. The lowest BCUT2D eigenvalue weighted by atomic mass is 10.1. The predicted molar refractivity (Wildman–Crippen MR) is 49.0 cm³/mol. The van der Waals surface area contributed by atoms with Crippen molar-refractivity contribution >= 4 is 11.8 Å². The minimum absolute atomic E-state index is 0.0174. The van der Waals surface area contributed by atoms with Gasteiger partial charge in [-0.1, -0.05) is 0 Å². The molecular formula is C9H13N3O2. The van der Waals surface area contributed by atoms with Crippen molar-refractivity contribution in [1.82, 2.24) is 10.6 Å². The van der Waals surface area contributed by atoms with Crippen LogP contribution in [0.15, 0.2) is 0 Å². The van der Waals surface area contributed by atoms with Gasteiger partial charge in [-0.15, -0.1) is 0 Å². The highest BCUT2D eigenvalue weighted by molar-refractivity contribution is 5.81. The predicted octanol–water partition coefficient (Wildman–Crippen LogP) is -0.459. The zero-order valence-electron chi connectivity index (χ0n) is 8.04. The van der Waals surface area contributed by atoms with Crippen molar-refractivity contribution in [2.45, 2.75) is 25.8 Å². The standard InChI is InChI=1S/C9H13N3O2/c1-6(4-10)9(14)12-7-2-3-8(13)11-5-7/h6-7H,2-3,5H2,1H3,(H,11,13)(H,12,14). The normalized spacial score (nSPS) is 23.1. The van der Waals surface area contributed by atoms with Gasteiger partial charge in [-0.3, -0.25) is 9.59 Å². The van der Waals surface area contributed by atoms with Gasteiger partial charge in [-0.2, -0.15) is 5.26 Å². The van der Waals surface area contributed by atoms with Crippen LogP contribution >= 0.6 is 0 Å². The highest BCUT2D eigenvalue weighted by Gasteiger charge is 2.21. The molecule has 0 aromatic rings. The molecule has 2 amide bonds. The van der Waals surface area contributed by atoms with E-state index >= 15 is 0 Å². The summed E-state index contributed by atoms with van der Waals surface area (Å²) in [5.74, 6) is -0.884. The fourth-order valence-electron chi connectivity index (χ4n) is 1.24. The second-order valence-electron chi connectivity index (χ2n) is 3.40. The van der Waals surface area contributed by atoms with E-state index in [2.05, 4.69) is 10.6 Å². The second-order valence-corrected chi connectivity index (χ2v) is 3.40. The first-order chi connectivity index (χ1) is 6.63. The molecule has 5 heteroatoms. The highest BCUT2D eigenvalue weighted by atomic mass is 16.2. The monoisotopic (exact) mass is 195 g/mol. The van der Waals surface area contributed by atoms with Gasteiger partial charge in [-0.05, 0) is 13.3 Å². The summed E-state index contributed by atoms with van der Waals surface area (Å²) in [5.41, 5.74) is 0. The van der Waals surface area contributed by atoms with E-state index in [1.165, 1.54) is 0 Å². The van der Waals surface area contributed by atoms with Crippen LogP contribution in [0.25, 0.3) is 0 Å². The van der Waals surface area contributed by atoms with E-state index in [0.717, 1.165) is 0 Å². The molecule has 0 saturated carbocycles. The molecule has 0 spiro atoms. The Morgan fingerprint density at radius 2 is 2.50 bits per heavy atom. The topological polar surface area (TPSA) is 82.0 Å². The molecular weight excluding hydrogens is 182 g/mol. The molecule has 14 heavy (non-hydrogen) atoms. The lowest BCUT2D eigenvalue weighted by Gasteiger charge is -2.23. The van der Waals surface area contributed by atoms with Gasteiger partial charge in [0.25, 0.3) is 0 Å². The molecule has 0 radical (unpaired) electrons. The van der Waals surface area contributed by atoms with Crippen molar-refractivity contribution in [2.24, 2.45) is 5.92 Å². The maximum atomic E-state index is 11.3. The number of hydrogen-bond acceptors (Lipinski definition) is 3. The summed E-state index contributed by atoms with van der Waals surface area (Å²) in [4.78, 5) is 22.1. The van der Waals surface area contributed by atoms with Gasteiger partial charge in [0.05, 0.1) is 6.07 Å². The van der Waals surface area contributed by atoms with Gasteiger partial charge in [0.1, 0.15) is 5.92 Å². The number of carbonyl (C=O) groups is 2. The van der Waals surface area contributed by atoms with Crippen LogP contribution in [-0.2, 0) is 9.59 Å². The Balaban J connectivity index is 2.35. The van der Waals surface area contributed by atoms with Gasteiger partial charge < -0.3 is 10.6 Å². The molecule has 2 atom stereocenters. The van der Waals surface area contributed by atoms with Gasteiger partial charge in [0, 0.05) is 19.0 Å². The van der Waals surface area contributed by atoms with Crippen molar-refractivity contribution in [3.05, 3.63) is 0 Å². The lowest BCUT2D eigenvalue weighted by molar-refractivity contribution is -0.126. The largest absolute Gasteiger partial charge is 0.354 e. The minimum atomic E-state index is -0.632. The molecule has 1 heterocycles. The number of nitrogens with zero attached hydrogens (tertiary/aromatic N) is 1. The molecule has 0 aromatic carbocycles. The van der Waals surface area contributed by atoms with Gasteiger partial charge in [-0.25, -0.2) is 0 Å². The summed E-state index contributed by atoms with van der Waals surface area (Å²) >= 11 is 0. The van der Waals surface area contributed by atoms with E-state index in [9.17, 15) is 9.59 Å². The quantitative estimate of drug-likeness (QED) is 0.625. The first kappa shape index (κ1) is 10.5. The minimum Gasteiger partial charge on any atom is -0.354 e. The Bertz CT molecular complexity index is 272. The van der Waals surface area contributed by atoms with Gasteiger partial charge in [0.2, 0.25) is 11.8 Å². The summed E-state index contributed by atoms with van der Waals surface area (Å²) in [6.07, 6.45) is 1.08. The Hall–Kier alpha value is -1.57. The molecule has 5 nitrogen and oxygen atoms in total. The number of nitriles is 1. The van der Waals surface area contributed by atoms with E-state index in [0.29, 0.717) is 19.4 Å². The molecule has 1 saturated heterocycles. The van der Waals surface area contributed by atoms with Crippen LogP contribution < -0.4 is 10.6 Å². The fraction of sp³-hybridized carbons (Fsp3) is 0.667. The van der Waals surface area contributed by atoms with Crippen LogP contribution in [0.3, 0.4) is 0 Å². The van der Waals surface area contributed by atoms with E-state index in [4.69, 9.17) is 5.26 Å². The Labute approximate surface area is 82.5 Å². The Morgan fingerprint density at radius 3 is 3.00 bits per heavy atom. The molecule has 1 aliphatic heterocycles. The average molecular weight is 195 g/mol. The number of piperidine rings is 1. The Morgan fingerprint density at radius 1 is 1.79 bits per heavy atom. The van der Waals surface area contributed by atoms with Crippen molar-refractivity contribution in [2.75, 3.05) is 6.54 Å². The molecule has 1 aliphatic rings. The third-order valence-electron chi connectivity index (χ3n) is 2.20. The zero-order valence-corrected chi connectivity index (χ0v) is 8.04. The third-order valence-corrected chi connectivity index (χ3v) is 2.20. The number of rotatable bonds is 2. The smallest absolute Gasteiger partial charge is 0.237 e. The fourth-order valence-corrected chi connectivity index (χ4v) is 1.24. The van der Waals surface area contributed by atoms with E-state index < -0.39 is 5.92 Å². The number of amides is 2. The van der Waals surface area contributed by atoms with Crippen LogP contribution in [0.2, 0.25) is 0 Å². The first-order valence-corrected chi connectivity index (χ1v) is 4.60. The lowest BCUT2D eigenvalue weighted by Crippen LogP contribution is -2.48. The van der Waals surface area contributed by atoms with Crippen molar-refractivity contribution in [3.63, 3.8) is 0 Å². The van der Waals surface area contributed by atoms with E-state index in [1.807, 2.05) is 6.07 Å². The molecule has 2 unspecified atom stereocenters. The van der Waals surface area contributed by atoms with Crippen molar-refractivity contribution in [3.8, 4) is 6.07 Å². The number of carbonyl (C=O) groups excluding carboxylic acids is 2. The highest BCUT2D eigenvalue weighted by Crippen LogP contribution is 2.03. The van der Waals surface area contributed by atoms with Gasteiger partial charge in [0.15, 0.2) is 0 Å². The van der Waals surface area contributed by atoms with Crippen molar-refractivity contribution < 1.29 is 9.59 Å². The second kappa shape index (κ2) is 4.61. The van der Waals surface area contributed by atoms with E-state index in [1.54, 1.807) is 6.92 Å². The zero-order chi connectivity index (χ0) is 10.6. The molecule has 2 N–H and O–H groups in total. The number of nitrogens with one attached hydrogen (secondary N) is 2. The summed E-state index contributed by atoms with van der Waals surface area (Å²) in [7, 11) is 0. The molecule has 0 aliphatic carbocycles. The molecule has 1 rings (SSSR count). The SMILES string of the molecule is CC(C#N)C(=O)NC1CCC(=O)NC1. The molecule has 0 aromatic heterocycles. The average Bonchev–Trinajstić information content (AvgIpc) is 2.20. The van der Waals surface area contributed by atoms with Crippen LogP contribution in [0.1, 0.15) is 19.8 Å². The summed E-state index contributed by atoms with van der Waals surface area (Å²) in [6, 6.07) is 1.83.